The topological polar surface area (TPSA) is 34.1 Å². The SMILES string of the molecule is C.CCC/C=C/C(=O)CCC.CCCCCC(=O)CCC. The van der Waals surface area contributed by atoms with Crippen LogP contribution in [0.3, 0.4) is 0 Å². The molecule has 0 amide bonds. The van der Waals surface area contributed by atoms with E-state index in [0.717, 1.165) is 44.9 Å². The van der Waals surface area contributed by atoms with E-state index >= 15 is 0 Å². The van der Waals surface area contributed by atoms with Crippen molar-refractivity contribution in [1.29, 1.82) is 0 Å². The molecule has 126 valence electrons. The molecule has 0 aromatic carbocycles. The van der Waals surface area contributed by atoms with E-state index in [2.05, 4.69) is 20.8 Å². The van der Waals surface area contributed by atoms with E-state index in [9.17, 15) is 9.59 Å². The van der Waals surface area contributed by atoms with Gasteiger partial charge in [-0.25, -0.2) is 0 Å². The predicted molar refractivity (Wildman–Crippen MR) is 94.8 cm³/mol. The van der Waals surface area contributed by atoms with Gasteiger partial charge in [0.1, 0.15) is 5.78 Å². The number of rotatable bonds is 11. The highest BCUT2D eigenvalue weighted by molar-refractivity contribution is 5.89. The average Bonchev–Trinajstić information content (AvgIpc) is 2.41. The summed E-state index contributed by atoms with van der Waals surface area (Å²) < 4.78 is 0. The summed E-state index contributed by atoms with van der Waals surface area (Å²) in [4.78, 5) is 21.7. The summed E-state index contributed by atoms with van der Waals surface area (Å²) in [6.45, 7) is 8.34. The first-order chi connectivity index (χ1) is 9.62. The standard InChI is InChI=1S/C9H18O.C9H16O.CH4/c2*1-3-5-6-8-9(10)7-4-2;/h3-8H2,1-2H3;6,8H,3-5,7H2,1-2H3;1H4/b;8-6+;. The highest BCUT2D eigenvalue weighted by Gasteiger charge is 1.97. The van der Waals surface area contributed by atoms with Crippen molar-refractivity contribution in [3.63, 3.8) is 0 Å². The number of hydrogen-bond acceptors (Lipinski definition) is 2. The Morgan fingerprint density at radius 2 is 1.38 bits per heavy atom. The van der Waals surface area contributed by atoms with Crippen molar-refractivity contribution in [3.8, 4) is 0 Å². The molecule has 0 aliphatic rings. The largest absolute Gasteiger partial charge is 0.300 e. The van der Waals surface area contributed by atoms with Crippen LogP contribution in [0.15, 0.2) is 12.2 Å². The maximum absolute atomic E-state index is 10.9. The minimum atomic E-state index is 0. The maximum atomic E-state index is 10.9. The van der Waals surface area contributed by atoms with E-state index in [1.54, 1.807) is 6.08 Å². The first-order valence-electron chi connectivity index (χ1n) is 8.33. The van der Waals surface area contributed by atoms with Gasteiger partial charge in [-0.2, -0.15) is 0 Å². The summed E-state index contributed by atoms with van der Waals surface area (Å²) in [5.41, 5.74) is 0. The number of carbonyl (C=O) groups excluding carboxylic acids is 2. The lowest BCUT2D eigenvalue weighted by atomic mass is 10.1. The smallest absolute Gasteiger partial charge is 0.155 e. The summed E-state index contributed by atoms with van der Waals surface area (Å²) in [6.07, 6.45) is 13.5. The predicted octanol–water partition coefficient (Wildman–Crippen LogP) is 6.28. The second kappa shape index (κ2) is 21.4. The van der Waals surface area contributed by atoms with Crippen LogP contribution in [0.4, 0.5) is 0 Å². The second-order valence-corrected chi connectivity index (χ2v) is 5.15. The Bertz CT molecular complexity index is 254. The third kappa shape index (κ3) is 24.5. The van der Waals surface area contributed by atoms with Gasteiger partial charge in [0.2, 0.25) is 0 Å². The molecule has 0 aliphatic carbocycles. The van der Waals surface area contributed by atoms with E-state index < -0.39 is 0 Å². The first-order valence-corrected chi connectivity index (χ1v) is 8.33. The van der Waals surface area contributed by atoms with Crippen molar-refractivity contribution in [2.24, 2.45) is 0 Å². The highest BCUT2D eigenvalue weighted by Crippen LogP contribution is 2.02. The van der Waals surface area contributed by atoms with Crippen LogP contribution in [0.1, 0.15) is 99.3 Å². The van der Waals surface area contributed by atoms with Crippen LogP contribution in [-0.4, -0.2) is 11.6 Å². The van der Waals surface area contributed by atoms with Gasteiger partial charge in [0.05, 0.1) is 0 Å². The molecule has 0 aromatic rings. The molecule has 0 N–H and O–H groups in total. The van der Waals surface area contributed by atoms with Crippen molar-refractivity contribution in [3.05, 3.63) is 12.2 Å². The molecular formula is C19H38O2. The average molecular weight is 299 g/mol. The molecule has 0 rings (SSSR count). The van der Waals surface area contributed by atoms with Gasteiger partial charge in [0.15, 0.2) is 5.78 Å². The van der Waals surface area contributed by atoms with Crippen LogP contribution in [-0.2, 0) is 9.59 Å². The van der Waals surface area contributed by atoms with Gasteiger partial charge < -0.3 is 0 Å². The van der Waals surface area contributed by atoms with Crippen molar-refractivity contribution < 1.29 is 9.59 Å². The molecule has 0 aliphatic heterocycles. The minimum absolute atomic E-state index is 0. The third-order valence-corrected chi connectivity index (χ3v) is 2.84. The molecule has 0 aromatic heterocycles. The molecular weight excluding hydrogens is 260 g/mol. The van der Waals surface area contributed by atoms with E-state index in [1.165, 1.54) is 12.8 Å². The molecule has 0 radical (unpaired) electrons. The van der Waals surface area contributed by atoms with Gasteiger partial charge in [0.25, 0.3) is 0 Å². The lowest BCUT2D eigenvalue weighted by Crippen LogP contribution is -1.95. The van der Waals surface area contributed by atoms with Crippen LogP contribution in [0.5, 0.6) is 0 Å². The normalized spacial score (nSPS) is 9.71. The molecule has 0 spiro atoms. The van der Waals surface area contributed by atoms with Gasteiger partial charge in [0, 0.05) is 19.3 Å². The van der Waals surface area contributed by atoms with Crippen LogP contribution < -0.4 is 0 Å². The Hall–Kier alpha value is -0.920. The number of hydrogen-bond donors (Lipinski definition) is 0. The fourth-order valence-corrected chi connectivity index (χ4v) is 1.69. The van der Waals surface area contributed by atoms with Crippen molar-refractivity contribution >= 4 is 11.6 Å². The summed E-state index contributed by atoms with van der Waals surface area (Å²) in [5, 5.41) is 0. The van der Waals surface area contributed by atoms with Gasteiger partial charge in [-0.1, -0.05) is 60.5 Å². The number of ketones is 2. The Morgan fingerprint density at radius 3 is 1.86 bits per heavy atom. The molecule has 2 nitrogen and oxygen atoms in total. The molecule has 0 saturated heterocycles. The Kier molecular flexibility index (Phi) is 25.5. The number of unbranched alkanes of at least 4 members (excludes halogenated alkanes) is 3. The van der Waals surface area contributed by atoms with E-state index in [1.807, 2.05) is 13.0 Å². The number of allylic oxidation sites excluding steroid dienone is 2. The zero-order chi connectivity index (χ0) is 15.6. The Morgan fingerprint density at radius 1 is 0.762 bits per heavy atom. The molecule has 0 bridgehead atoms. The summed E-state index contributed by atoms with van der Waals surface area (Å²) in [6, 6.07) is 0. The quantitative estimate of drug-likeness (QED) is 0.332. The van der Waals surface area contributed by atoms with Gasteiger partial charge in [-0.05, 0) is 31.8 Å². The van der Waals surface area contributed by atoms with Gasteiger partial charge in [-0.3, -0.25) is 9.59 Å². The lowest BCUT2D eigenvalue weighted by molar-refractivity contribution is -0.119. The van der Waals surface area contributed by atoms with Crippen LogP contribution in [0, 0.1) is 0 Å². The second-order valence-electron chi connectivity index (χ2n) is 5.15. The van der Waals surface area contributed by atoms with Crippen molar-refractivity contribution in [2.45, 2.75) is 99.3 Å². The number of Topliss-reactive ketones (excluding diaryl/α,β-unsaturated/α-hetero) is 1. The fraction of sp³-hybridized carbons (Fsp3) is 0.789. The maximum Gasteiger partial charge on any atom is 0.155 e. The molecule has 0 unspecified atom stereocenters. The number of carbonyl (C=O) groups is 2. The third-order valence-electron chi connectivity index (χ3n) is 2.84. The van der Waals surface area contributed by atoms with E-state index in [4.69, 9.17) is 0 Å². The monoisotopic (exact) mass is 298 g/mol. The Balaban J connectivity index is -0.000000295. The van der Waals surface area contributed by atoms with Crippen molar-refractivity contribution in [1.82, 2.24) is 0 Å². The zero-order valence-electron chi connectivity index (χ0n) is 14.0. The van der Waals surface area contributed by atoms with Crippen LogP contribution in [0.25, 0.3) is 0 Å². The van der Waals surface area contributed by atoms with Crippen molar-refractivity contribution in [2.75, 3.05) is 0 Å². The van der Waals surface area contributed by atoms with E-state index in [-0.39, 0.29) is 13.2 Å². The molecule has 0 saturated carbocycles. The van der Waals surface area contributed by atoms with Crippen LogP contribution in [0.2, 0.25) is 0 Å². The fourth-order valence-electron chi connectivity index (χ4n) is 1.69. The minimum Gasteiger partial charge on any atom is -0.300 e. The van der Waals surface area contributed by atoms with Gasteiger partial charge in [-0.15, -0.1) is 0 Å². The molecule has 0 atom stereocenters. The molecule has 21 heavy (non-hydrogen) atoms. The zero-order valence-corrected chi connectivity index (χ0v) is 14.0. The molecule has 2 heteroatoms. The molecule has 0 heterocycles. The lowest BCUT2D eigenvalue weighted by Gasteiger charge is -1.96. The van der Waals surface area contributed by atoms with Crippen LogP contribution >= 0.6 is 0 Å². The Labute approximate surface area is 133 Å². The molecule has 0 fully saturated rings. The first kappa shape index (κ1) is 25.1. The summed E-state index contributed by atoms with van der Waals surface area (Å²) >= 11 is 0. The highest BCUT2D eigenvalue weighted by atomic mass is 16.1. The van der Waals surface area contributed by atoms with E-state index in [0.29, 0.717) is 12.2 Å². The van der Waals surface area contributed by atoms with Gasteiger partial charge >= 0.3 is 0 Å². The summed E-state index contributed by atoms with van der Waals surface area (Å²) in [7, 11) is 0. The summed E-state index contributed by atoms with van der Waals surface area (Å²) in [5.74, 6) is 0.701.